The van der Waals surface area contributed by atoms with Crippen LogP contribution in [-0.4, -0.2) is 16.7 Å². The predicted molar refractivity (Wildman–Crippen MR) is 71.6 cm³/mol. The summed E-state index contributed by atoms with van der Waals surface area (Å²) >= 11 is 0. The standard InChI is InChI=1S/C14H15FN2O2/c1-14(2,3)19-13(18)17-11-7-9-6-10(15)4-5-12(9)16-8-11/h4-8H,1-3H3,(H,17,18). The largest absolute Gasteiger partial charge is 0.444 e. The number of pyridine rings is 1. The molecule has 2 aromatic rings. The highest BCUT2D eigenvalue weighted by Crippen LogP contribution is 2.18. The number of halogens is 1. The Kier molecular flexibility index (Phi) is 3.38. The van der Waals surface area contributed by atoms with Gasteiger partial charge in [-0.1, -0.05) is 0 Å². The molecular weight excluding hydrogens is 247 g/mol. The number of ether oxygens (including phenoxy) is 1. The molecule has 0 aliphatic carbocycles. The van der Waals surface area contributed by atoms with Gasteiger partial charge in [0.25, 0.3) is 0 Å². The molecule has 1 aromatic carbocycles. The SMILES string of the molecule is CC(C)(C)OC(=O)Nc1cnc2ccc(F)cc2c1. The number of nitrogens with one attached hydrogen (secondary N) is 1. The first-order valence-corrected chi connectivity index (χ1v) is 5.89. The first-order valence-electron chi connectivity index (χ1n) is 5.89. The highest BCUT2D eigenvalue weighted by atomic mass is 19.1. The Bertz CT molecular complexity index is 620. The number of fused-ring (bicyclic) bond motifs is 1. The summed E-state index contributed by atoms with van der Waals surface area (Å²) in [6.07, 6.45) is 0.939. The fourth-order valence-corrected chi connectivity index (χ4v) is 1.59. The molecule has 0 unspecified atom stereocenters. The lowest BCUT2D eigenvalue weighted by atomic mass is 10.2. The van der Waals surface area contributed by atoms with Gasteiger partial charge in [-0.25, -0.2) is 9.18 Å². The molecule has 0 radical (unpaired) electrons. The van der Waals surface area contributed by atoms with Gasteiger partial charge >= 0.3 is 6.09 Å². The average Bonchev–Trinajstić information content (AvgIpc) is 2.25. The van der Waals surface area contributed by atoms with E-state index in [4.69, 9.17) is 4.74 Å². The molecule has 5 heteroatoms. The number of nitrogens with zero attached hydrogens (tertiary/aromatic N) is 1. The second-order valence-electron chi connectivity index (χ2n) is 5.19. The molecule has 1 N–H and O–H groups in total. The van der Waals surface area contributed by atoms with Crippen molar-refractivity contribution in [3.63, 3.8) is 0 Å². The van der Waals surface area contributed by atoms with E-state index in [-0.39, 0.29) is 5.82 Å². The van der Waals surface area contributed by atoms with Gasteiger partial charge < -0.3 is 4.74 Å². The van der Waals surface area contributed by atoms with Crippen LogP contribution in [0.2, 0.25) is 0 Å². The molecule has 0 aliphatic rings. The zero-order valence-corrected chi connectivity index (χ0v) is 11.0. The monoisotopic (exact) mass is 262 g/mol. The molecule has 4 nitrogen and oxygen atoms in total. The van der Waals surface area contributed by atoms with Crippen molar-refractivity contribution in [2.75, 3.05) is 5.32 Å². The second kappa shape index (κ2) is 4.84. The Morgan fingerprint density at radius 3 is 2.74 bits per heavy atom. The molecule has 1 heterocycles. The van der Waals surface area contributed by atoms with E-state index in [0.29, 0.717) is 16.6 Å². The van der Waals surface area contributed by atoms with Crippen LogP contribution < -0.4 is 5.32 Å². The van der Waals surface area contributed by atoms with E-state index < -0.39 is 11.7 Å². The van der Waals surface area contributed by atoms with Gasteiger partial charge in [-0.05, 0) is 45.0 Å². The normalized spacial score (nSPS) is 11.4. The predicted octanol–water partition coefficient (Wildman–Crippen LogP) is 3.72. The van der Waals surface area contributed by atoms with E-state index in [9.17, 15) is 9.18 Å². The van der Waals surface area contributed by atoms with Crippen molar-refractivity contribution in [1.29, 1.82) is 0 Å². The average molecular weight is 262 g/mol. The fourth-order valence-electron chi connectivity index (χ4n) is 1.59. The quantitative estimate of drug-likeness (QED) is 0.852. The molecule has 0 saturated heterocycles. The van der Waals surface area contributed by atoms with Crippen molar-refractivity contribution in [2.24, 2.45) is 0 Å². The summed E-state index contributed by atoms with van der Waals surface area (Å²) in [5.74, 6) is -0.344. The van der Waals surface area contributed by atoms with E-state index in [0.717, 1.165) is 0 Å². The Morgan fingerprint density at radius 2 is 2.05 bits per heavy atom. The molecule has 0 saturated carbocycles. The lowest BCUT2D eigenvalue weighted by molar-refractivity contribution is 0.0636. The van der Waals surface area contributed by atoms with E-state index >= 15 is 0 Å². The minimum atomic E-state index is -0.569. The Hall–Kier alpha value is -2.17. The molecular formula is C14H15FN2O2. The molecule has 0 fully saturated rings. The van der Waals surface area contributed by atoms with Crippen molar-refractivity contribution in [3.8, 4) is 0 Å². The zero-order valence-electron chi connectivity index (χ0n) is 11.0. The highest BCUT2D eigenvalue weighted by Gasteiger charge is 2.16. The van der Waals surface area contributed by atoms with Gasteiger partial charge in [0, 0.05) is 5.39 Å². The smallest absolute Gasteiger partial charge is 0.412 e. The number of amides is 1. The summed E-state index contributed by atoms with van der Waals surface area (Å²) in [6.45, 7) is 5.34. The number of anilines is 1. The number of rotatable bonds is 1. The third-order valence-corrected chi connectivity index (χ3v) is 2.29. The van der Waals surface area contributed by atoms with Gasteiger partial charge in [0.05, 0.1) is 17.4 Å². The van der Waals surface area contributed by atoms with Gasteiger partial charge in [0.15, 0.2) is 0 Å². The molecule has 2 rings (SSSR count). The molecule has 0 atom stereocenters. The van der Waals surface area contributed by atoms with Crippen LogP contribution in [0.1, 0.15) is 20.8 Å². The second-order valence-corrected chi connectivity index (χ2v) is 5.19. The number of hydrogen-bond acceptors (Lipinski definition) is 3. The maximum Gasteiger partial charge on any atom is 0.412 e. The summed E-state index contributed by atoms with van der Waals surface area (Å²) < 4.78 is 18.2. The van der Waals surface area contributed by atoms with Crippen LogP contribution in [0, 0.1) is 5.82 Å². The molecule has 0 spiro atoms. The Balaban J connectivity index is 2.19. The van der Waals surface area contributed by atoms with Crippen LogP contribution in [-0.2, 0) is 4.74 Å². The van der Waals surface area contributed by atoms with Crippen molar-refractivity contribution in [1.82, 2.24) is 4.98 Å². The van der Waals surface area contributed by atoms with Crippen LogP contribution in [0.5, 0.6) is 0 Å². The number of benzene rings is 1. The van der Waals surface area contributed by atoms with Crippen molar-refractivity contribution in [3.05, 3.63) is 36.3 Å². The summed E-state index contributed by atoms with van der Waals surface area (Å²) in [7, 11) is 0. The highest BCUT2D eigenvalue weighted by molar-refractivity contribution is 5.89. The van der Waals surface area contributed by atoms with Crippen molar-refractivity contribution < 1.29 is 13.9 Å². The summed E-state index contributed by atoms with van der Waals surface area (Å²) in [4.78, 5) is 15.7. The van der Waals surface area contributed by atoms with Crippen LogP contribution in [0.15, 0.2) is 30.5 Å². The third-order valence-electron chi connectivity index (χ3n) is 2.29. The van der Waals surface area contributed by atoms with Gasteiger partial charge in [-0.2, -0.15) is 0 Å². The minimum absolute atomic E-state index is 0.344. The van der Waals surface area contributed by atoms with E-state index in [1.807, 2.05) is 0 Å². The number of aromatic nitrogens is 1. The summed E-state index contributed by atoms with van der Waals surface area (Å²) in [6, 6.07) is 5.94. The molecule has 1 aromatic heterocycles. The topological polar surface area (TPSA) is 51.2 Å². The molecule has 100 valence electrons. The zero-order chi connectivity index (χ0) is 14.0. The number of carbonyl (C=O) groups excluding carboxylic acids is 1. The summed E-state index contributed by atoms with van der Waals surface area (Å²) in [5.41, 5.74) is 0.559. The van der Waals surface area contributed by atoms with Crippen LogP contribution in [0.4, 0.5) is 14.9 Å². The summed E-state index contributed by atoms with van der Waals surface area (Å²) in [5, 5.41) is 3.18. The maximum atomic E-state index is 13.1. The van der Waals surface area contributed by atoms with Gasteiger partial charge in [-0.15, -0.1) is 0 Å². The first-order chi connectivity index (χ1) is 8.83. The van der Waals surface area contributed by atoms with Crippen molar-refractivity contribution >= 4 is 22.7 Å². The fraction of sp³-hybridized carbons (Fsp3) is 0.286. The molecule has 0 bridgehead atoms. The third kappa shape index (κ3) is 3.64. The van der Waals surface area contributed by atoms with E-state index in [2.05, 4.69) is 10.3 Å². The lowest BCUT2D eigenvalue weighted by Gasteiger charge is -2.19. The molecule has 1 amide bonds. The van der Waals surface area contributed by atoms with Gasteiger partial charge in [0.1, 0.15) is 11.4 Å². The van der Waals surface area contributed by atoms with E-state index in [1.165, 1.54) is 18.3 Å². The Morgan fingerprint density at radius 1 is 1.32 bits per heavy atom. The maximum absolute atomic E-state index is 13.1. The Labute approximate surface area is 110 Å². The van der Waals surface area contributed by atoms with Crippen LogP contribution in [0.25, 0.3) is 10.9 Å². The number of hydrogen-bond donors (Lipinski definition) is 1. The number of carbonyl (C=O) groups is 1. The first kappa shape index (κ1) is 13.3. The van der Waals surface area contributed by atoms with Gasteiger partial charge in [0.2, 0.25) is 0 Å². The van der Waals surface area contributed by atoms with Gasteiger partial charge in [-0.3, -0.25) is 10.3 Å². The lowest BCUT2D eigenvalue weighted by Crippen LogP contribution is -2.27. The van der Waals surface area contributed by atoms with Crippen LogP contribution in [0.3, 0.4) is 0 Å². The minimum Gasteiger partial charge on any atom is -0.444 e. The van der Waals surface area contributed by atoms with Crippen molar-refractivity contribution in [2.45, 2.75) is 26.4 Å². The molecule has 19 heavy (non-hydrogen) atoms. The molecule has 0 aliphatic heterocycles. The van der Waals surface area contributed by atoms with Crippen LogP contribution >= 0.6 is 0 Å². The van der Waals surface area contributed by atoms with E-state index in [1.54, 1.807) is 32.9 Å².